The lowest BCUT2D eigenvalue weighted by atomic mass is 10.1. The van der Waals surface area contributed by atoms with Gasteiger partial charge in [-0.3, -0.25) is 9.59 Å². The lowest BCUT2D eigenvalue weighted by Gasteiger charge is -2.20. The van der Waals surface area contributed by atoms with Gasteiger partial charge >= 0.3 is 0 Å². The van der Waals surface area contributed by atoms with E-state index >= 15 is 0 Å². The largest absolute Gasteiger partial charge is 0.419 e. The average Bonchev–Trinajstić information content (AvgIpc) is 3.29. The van der Waals surface area contributed by atoms with Crippen molar-refractivity contribution < 1.29 is 9.21 Å². The third-order valence-electron chi connectivity index (χ3n) is 4.96. The van der Waals surface area contributed by atoms with Crippen molar-refractivity contribution in [2.75, 3.05) is 6.54 Å². The summed E-state index contributed by atoms with van der Waals surface area (Å²) >= 11 is 6.20. The molecule has 4 aromatic rings. The molecule has 0 saturated heterocycles. The Labute approximate surface area is 195 Å². The fourth-order valence-electron chi connectivity index (χ4n) is 3.34. The highest BCUT2D eigenvalue weighted by atomic mass is 35.5. The number of hydrogen-bond acceptors (Lipinski definition) is 6. The van der Waals surface area contributed by atoms with Crippen LogP contribution in [0.15, 0.2) is 75.9 Å². The van der Waals surface area contributed by atoms with Crippen molar-refractivity contribution in [3.63, 3.8) is 0 Å². The van der Waals surface area contributed by atoms with Gasteiger partial charge in [0.2, 0.25) is 17.7 Å². The molecule has 8 nitrogen and oxygen atoms in total. The lowest BCUT2D eigenvalue weighted by Crippen LogP contribution is -2.37. The van der Waals surface area contributed by atoms with Crippen molar-refractivity contribution in [1.82, 2.24) is 24.9 Å². The highest BCUT2D eigenvalue weighted by molar-refractivity contribution is 6.33. The van der Waals surface area contributed by atoms with Gasteiger partial charge in [-0.2, -0.15) is 5.10 Å². The van der Waals surface area contributed by atoms with Crippen molar-refractivity contribution in [3.8, 4) is 22.7 Å². The molecule has 0 N–H and O–H groups in total. The molecule has 0 unspecified atom stereocenters. The predicted molar refractivity (Wildman–Crippen MR) is 124 cm³/mol. The second-order valence-corrected chi connectivity index (χ2v) is 7.78. The minimum Gasteiger partial charge on any atom is -0.419 e. The van der Waals surface area contributed by atoms with Gasteiger partial charge in [-0.1, -0.05) is 61.0 Å². The van der Waals surface area contributed by atoms with Gasteiger partial charge in [-0.25, -0.2) is 4.68 Å². The minimum absolute atomic E-state index is 0.122. The quantitative estimate of drug-likeness (QED) is 0.391. The maximum Gasteiger partial charge on any atom is 0.267 e. The average molecular weight is 464 g/mol. The van der Waals surface area contributed by atoms with E-state index in [9.17, 15) is 9.59 Å². The van der Waals surface area contributed by atoms with Crippen molar-refractivity contribution in [3.05, 3.63) is 88.0 Å². The van der Waals surface area contributed by atoms with Crippen LogP contribution in [0, 0.1) is 0 Å². The number of nitrogens with zero attached hydrogens (tertiary/aromatic N) is 5. The van der Waals surface area contributed by atoms with Gasteiger partial charge in [0.15, 0.2) is 0 Å². The van der Waals surface area contributed by atoms with E-state index in [4.69, 9.17) is 16.0 Å². The Kier molecular flexibility index (Phi) is 6.95. The normalized spacial score (nSPS) is 10.8. The molecule has 2 heterocycles. The fourth-order valence-corrected chi connectivity index (χ4v) is 3.56. The molecule has 0 fully saturated rings. The molecule has 0 aliphatic carbocycles. The summed E-state index contributed by atoms with van der Waals surface area (Å²) in [5, 5.41) is 13.0. The first-order valence-electron chi connectivity index (χ1n) is 10.5. The van der Waals surface area contributed by atoms with Crippen LogP contribution in [0.25, 0.3) is 22.7 Å². The SMILES string of the molecule is CCCN(Cc1nnc(-c2ccccc2Cl)o1)C(=O)Cn1nc(-c2ccccc2)ccc1=O. The maximum absolute atomic E-state index is 13.1. The second kappa shape index (κ2) is 10.2. The first kappa shape index (κ1) is 22.4. The van der Waals surface area contributed by atoms with Gasteiger partial charge in [-0.15, -0.1) is 10.2 Å². The van der Waals surface area contributed by atoms with Gasteiger partial charge in [0.05, 0.1) is 22.8 Å². The summed E-state index contributed by atoms with van der Waals surface area (Å²) in [6.45, 7) is 2.36. The minimum atomic E-state index is -0.349. The Bertz CT molecular complexity index is 1300. The Morgan fingerprint density at radius 2 is 1.79 bits per heavy atom. The molecule has 0 aliphatic rings. The van der Waals surface area contributed by atoms with Crippen LogP contribution in [0.3, 0.4) is 0 Å². The van der Waals surface area contributed by atoms with Gasteiger partial charge in [-0.05, 0) is 24.6 Å². The zero-order valence-corrected chi connectivity index (χ0v) is 18.8. The molecule has 0 spiro atoms. The molecule has 9 heteroatoms. The number of rotatable bonds is 8. The van der Waals surface area contributed by atoms with Crippen molar-refractivity contribution in [1.29, 1.82) is 0 Å². The van der Waals surface area contributed by atoms with Gasteiger partial charge < -0.3 is 9.32 Å². The molecule has 0 atom stereocenters. The summed E-state index contributed by atoms with van der Waals surface area (Å²) in [7, 11) is 0. The molecular formula is C24H22ClN5O3. The topological polar surface area (TPSA) is 94.1 Å². The van der Waals surface area contributed by atoms with E-state index in [1.165, 1.54) is 10.7 Å². The van der Waals surface area contributed by atoms with Crippen LogP contribution < -0.4 is 5.56 Å². The molecule has 33 heavy (non-hydrogen) atoms. The summed E-state index contributed by atoms with van der Waals surface area (Å²) in [5.74, 6) is 0.298. The first-order chi connectivity index (χ1) is 16.0. The van der Waals surface area contributed by atoms with Gasteiger partial charge in [0.1, 0.15) is 6.54 Å². The smallest absolute Gasteiger partial charge is 0.267 e. The van der Waals surface area contributed by atoms with Crippen LogP contribution in [-0.2, 0) is 17.9 Å². The third-order valence-corrected chi connectivity index (χ3v) is 5.29. The van der Waals surface area contributed by atoms with Crippen LogP contribution in [-0.4, -0.2) is 37.3 Å². The van der Waals surface area contributed by atoms with Crippen molar-refractivity contribution in [2.24, 2.45) is 0 Å². The standard InChI is InChI=1S/C24H22ClN5O3/c1-2-14-29(15-21-26-27-24(33-21)18-10-6-7-11-19(18)25)23(32)16-30-22(31)13-12-20(28-30)17-8-4-3-5-9-17/h3-13H,2,14-16H2,1H3. The molecule has 2 aromatic carbocycles. The Balaban J connectivity index is 1.52. The van der Waals surface area contributed by atoms with Crippen LogP contribution in [0.4, 0.5) is 0 Å². The highest BCUT2D eigenvalue weighted by Crippen LogP contribution is 2.26. The molecule has 0 radical (unpaired) electrons. The van der Waals surface area contributed by atoms with Crippen LogP contribution in [0.2, 0.25) is 5.02 Å². The van der Waals surface area contributed by atoms with E-state index in [2.05, 4.69) is 15.3 Å². The molecule has 1 amide bonds. The van der Waals surface area contributed by atoms with Crippen molar-refractivity contribution >= 4 is 17.5 Å². The Morgan fingerprint density at radius 1 is 1.03 bits per heavy atom. The zero-order chi connectivity index (χ0) is 23.2. The maximum atomic E-state index is 13.1. The summed E-state index contributed by atoms with van der Waals surface area (Å²) in [6.07, 6.45) is 0.726. The van der Waals surface area contributed by atoms with E-state index in [1.54, 1.807) is 23.1 Å². The highest BCUT2D eigenvalue weighted by Gasteiger charge is 2.19. The second-order valence-electron chi connectivity index (χ2n) is 7.38. The summed E-state index contributed by atoms with van der Waals surface area (Å²) in [5.41, 5.74) is 1.76. The van der Waals surface area contributed by atoms with E-state index in [-0.39, 0.29) is 36.3 Å². The summed E-state index contributed by atoms with van der Waals surface area (Å²) in [6, 6.07) is 19.7. The van der Waals surface area contributed by atoms with Crippen LogP contribution in [0.1, 0.15) is 19.2 Å². The van der Waals surface area contributed by atoms with E-state index < -0.39 is 0 Å². The van der Waals surface area contributed by atoms with E-state index in [1.807, 2.05) is 49.4 Å². The predicted octanol–water partition coefficient (Wildman–Crippen LogP) is 4.05. The summed E-state index contributed by atoms with van der Waals surface area (Å²) < 4.78 is 6.92. The fraction of sp³-hybridized carbons (Fsp3) is 0.208. The third kappa shape index (κ3) is 5.35. The Morgan fingerprint density at radius 3 is 2.55 bits per heavy atom. The number of benzene rings is 2. The summed E-state index contributed by atoms with van der Waals surface area (Å²) in [4.78, 5) is 27.0. The van der Waals surface area contributed by atoms with E-state index in [0.29, 0.717) is 22.8 Å². The molecule has 168 valence electrons. The number of hydrogen-bond donors (Lipinski definition) is 0. The number of halogens is 1. The van der Waals surface area contributed by atoms with Gasteiger partial charge in [0.25, 0.3) is 5.56 Å². The number of carbonyl (C=O) groups excluding carboxylic acids is 1. The molecule has 0 aliphatic heterocycles. The zero-order valence-electron chi connectivity index (χ0n) is 18.0. The molecular weight excluding hydrogens is 442 g/mol. The first-order valence-corrected chi connectivity index (χ1v) is 10.9. The molecule has 0 saturated carbocycles. The number of amides is 1. The number of carbonyl (C=O) groups is 1. The van der Waals surface area contributed by atoms with Crippen LogP contribution >= 0.6 is 11.6 Å². The molecule has 2 aromatic heterocycles. The molecule has 0 bridgehead atoms. The Hall–Kier alpha value is -3.78. The van der Waals surface area contributed by atoms with E-state index in [0.717, 1.165) is 12.0 Å². The molecule has 4 rings (SSSR count). The lowest BCUT2D eigenvalue weighted by molar-refractivity contribution is -0.133. The van der Waals surface area contributed by atoms with Crippen molar-refractivity contribution in [2.45, 2.75) is 26.4 Å². The monoisotopic (exact) mass is 463 g/mol. The van der Waals surface area contributed by atoms with Gasteiger partial charge in [0, 0.05) is 18.2 Å². The van der Waals surface area contributed by atoms with Crippen LogP contribution in [0.5, 0.6) is 0 Å². The number of aromatic nitrogens is 4.